The van der Waals surface area contributed by atoms with Gasteiger partial charge in [0.1, 0.15) is 5.82 Å². The van der Waals surface area contributed by atoms with Crippen molar-refractivity contribution in [3.05, 3.63) is 23.9 Å². The minimum atomic E-state index is -0.215. The number of nitrogens with zero attached hydrogens (tertiary/aromatic N) is 1. The van der Waals surface area contributed by atoms with Gasteiger partial charge in [0.05, 0.1) is 0 Å². The van der Waals surface area contributed by atoms with Crippen LogP contribution in [0.15, 0.2) is 18.3 Å². The van der Waals surface area contributed by atoms with Gasteiger partial charge < -0.3 is 16.0 Å². The van der Waals surface area contributed by atoms with Crippen molar-refractivity contribution in [2.45, 2.75) is 6.42 Å². The lowest BCUT2D eigenvalue weighted by atomic mass is 10.2. The molecule has 0 radical (unpaired) electrons. The molecule has 0 bridgehead atoms. The Hall–Kier alpha value is -2.11. The highest BCUT2D eigenvalue weighted by Gasteiger charge is 2.06. The van der Waals surface area contributed by atoms with E-state index in [-0.39, 0.29) is 18.2 Å². The molecule has 2 amide bonds. The van der Waals surface area contributed by atoms with Crippen LogP contribution in [0, 0.1) is 0 Å². The summed E-state index contributed by atoms with van der Waals surface area (Å²) >= 11 is 0. The standard InChI is InChI=1S/C11H16N4O2/c1-12-9-7-8(3-5-14-9)11(17)15-6-4-10(16)13-2/h3,5,7H,4,6H2,1-2H3,(H,12,14)(H,13,16)(H,15,17). The molecular weight excluding hydrogens is 220 g/mol. The van der Waals surface area contributed by atoms with Gasteiger partial charge in [0.25, 0.3) is 5.91 Å². The summed E-state index contributed by atoms with van der Waals surface area (Å²) in [5, 5.41) is 8.00. The molecule has 0 saturated carbocycles. The second-order valence-electron chi connectivity index (χ2n) is 3.36. The summed E-state index contributed by atoms with van der Waals surface area (Å²) in [5.41, 5.74) is 0.515. The average Bonchev–Trinajstić information content (AvgIpc) is 2.38. The number of hydrogen-bond donors (Lipinski definition) is 3. The highest BCUT2D eigenvalue weighted by molar-refractivity contribution is 5.95. The molecule has 0 aliphatic carbocycles. The van der Waals surface area contributed by atoms with E-state index in [0.29, 0.717) is 17.9 Å². The molecule has 0 unspecified atom stereocenters. The second kappa shape index (κ2) is 6.47. The van der Waals surface area contributed by atoms with E-state index in [1.807, 2.05) is 0 Å². The lowest BCUT2D eigenvalue weighted by Gasteiger charge is -2.05. The summed E-state index contributed by atoms with van der Waals surface area (Å²) in [6.45, 7) is 0.315. The van der Waals surface area contributed by atoms with Crippen molar-refractivity contribution in [1.29, 1.82) is 0 Å². The third-order valence-electron chi connectivity index (χ3n) is 2.19. The first kappa shape index (κ1) is 13.0. The van der Waals surface area contributed by atoms with Crippen LogP contribution in [0.3, 0.4) is 0 Å². The maximum Gasteiger partial charge on any atom is 0.251 e. The van der Waals surface area contributed by atoms with E-state index in [4.69, 9.17) is 0 Å². The number of nitrogens with one attached hydrogen (secondary N) is 3. The molecule has 0 atom stereocenters. The minimum absolute atomic E-state index is 0.101. The Bertz CT molecular complexity index is 406. The summed E-state index contributed by atoms with van der Waals surface area (Å²) < 4.78 is 0. The Kier molecular flexibility index (Phi) is 4.93. The summed E-state index contributed by atoms with van der Waals surface area (Å²) in [6, 6.07) is 3.27. The fraction of sp³-hybridized carbons (Fsp3) is 0.364. The predicted molar refractivity (Wildman–Crippen MR) is 64.8 cm³/mol. The molecule has 0 saturated heterocycles. The highest BCUT2D eigenvalue weighted by atomic mass is 16.2. The fourth-order valence-corrected chi connectivity index (χ4v) is 1.23. The fourth-order valence-electron chi connectivity index (χ4n) is 1.23. The Balaban J connectivity index is 2.49. The zero-order valence-electron chi connectivity index (χ0n) is 9.91. The monoisotopic (exact) mass is 236 g/mol. The number of hydrogen-bond acceptors (Lipinski definition) is 4. The molecule has 0 spiro atoms. The molecule has 1 heterocycles. The van der Waals surface area contributed by atoms with Gasteiger partial charge >= 0.3 is 0 Å². The van der Waals surface area contributed by atoms with Crippen LogP contribution in [-0.2, 0) is 4.79 Å². The quantitative estimate of drug-likeness (QED) is 0.671. The van der Waals surface area contributed by atoms with Crippen molar-refractivity contribution in [3.63, 3.8) is 0 Å². The molecule has 6 heteroatoms. The van der Waals surface area contributed by atoms with Gasteiger partial charge in [-0.15, -0.1) is 0 Å². The molecule has 0 aromatic carbocycles. The summed E-state index contributed by atoms with van der Waals surface area (Å²) in [7, 11) is 3.29. The third-order valence-corrected chi connectivity index (χ3v) is 2.19. The molecule has 92 valence electrons. The molecule has 6 nitrogen and oxygen atoms in total. The lowest BCUT2D eigenvalue weighted by Crippen LogP contribution is -2.29. The predicted octanol–water partition coefficient (Wildman–Crippen LogP) is -0.0108. The smallest absolute Gasteiger partial charge is 0.251 e. The van der Waals surface area contributed by atoms with Crippen LogP contribution in [0.2, 0.25) is 0 Å². The van der Waals surface area contributed by atoms with Crippen molar-refractivity contribution < 1.29 is 9.59 Å². The Morgan fingerprint density at radius 3 is 2.76 bits per heavy atom. The maximum atomic E-state index is 11.7. The molecule has 17 heavy (non-hydrogen) atoms. The Morgan fingerprint density at radius 2 is 2.12 bits per heavy atom. The van der Waals surface area contributed by atoms with Crippen molar-refractivity contribution in [2.75, 3.05) is 26.0 Å². The van der Waals surface area contributed by atoms with Crippen LogP contribution < -0.4 is 16.0 Å². The lowest BCUT2D eigenvalue weighted by molar-refractivity contribution is -0.120. The van der Waals surface area contributed by atoms with Crippen molar-refractivity contribution in [3.8, 4) is 0 Å². The Morgan fingerprint density at radius 1 is 1.35 bits per heavy atom. The maximum absolute atomic E-state index is 11.7. The van der Waals surface area contributed by atoms with Gasteiger partial charge in [-0.3, -0.25) is 9.59 Å². The number of rotatable bonds is 5. The van der Waals surface area contributed by atoms with Gasteiger partial charge in [-0.05, 0) is 12.1 Å². The average molecular weight is 236 g/mol. The molecule has 0 aliphatic heterocycles. The van der Waals surface area contributed by atoms with Crippen LogP contribution in [0.5, 0.6) is 0 Å². The number of aromatic nitrogens is 1. The van der Waals surface area contributed by atoms with E-state index < -0.39 is 0 Å². The number of amides is 2. The van der Waals surface area contributed by atoms with Crippen LogP contribution in [0.4, 0.5) is 5.82 Å². The van der Waals surface area contributed by atoms with Gasteiger partial charge in [-0.2, -0.15) is 0 Å². The molecule has 0 aliphatic rings. The van der Waals surface area contributed by atoms with Gasteiger partial charge in [0.2, 0.25) is 5.91 Å². The third kappa shape index (κ3) is 4.10. The summed E-state index contributed by atoms with van der Waals surface area (Å²) in [6.07, 6.45) is 1.83. The first-order valence-corrected chi connectivity index (χ1v) is 5.30. The van der Waals surface area contributed by atoms with E-state index in [0.717, 1.165) is 0 Å². The van der Waals surface area contributed by atoms with Crippen molar-refractivity contribution >= 4 is 17.6 Å². The number of anilines is 1. The van der Waals surface area contributed by atoms with E-state index >= 15 is 0 Å². The molecule has 1 rings (SSSR count). The minimum Gasteiger partial charge on any atom is -0.373 e. The van der Waals surface area contributed by atoms with Crippen LogP contribution in [0.1, 0.15) is 16.8 Å². The highest BCUT2D eigenvalue weighted by Crippen LogP contribution is 2.05. The van der Waals surface area contributed by atoms with Gasteiger partial charge in [0.15, 0.2) is 0 Å². The number of pyridine rings is 1. The second-order valence-corrected chi connectivity index (χ2v) is 3.36. The van der Waals surface area contributed by atoms with E-state index in [1.165, 1.54) is 0 Å². The van der Waals surface area contributed by atoms with E-state index in [9.17, 15) is 9.59 Å². The Labute approximate surface area is 99.8 Å². The first-order valence-electron chi connectivity index (χ1n) is 5.30. The molecule has 1 aromatic heterocycles. The molecular formula is C11H16N4O2. The van der Waals surface area contributed by atoms with E-state index in [1.54, 1.807) is 32.4 Å². The summed E-state index contributed by atoms with van der Waals surface area (Å²) in [5.74, 6) is 0.313. The first-order chi connectivity index (χ1) is 8.17. The number of carbonyl (C=O) groups excluding carboxylic acids is 2. The normalized spacial score (nSPS) is 9.53. The molecule has 0 fully saturated rings. The zero-order valence-corrected chi connectivity index (χ0v) is 9.91. The topological polar surface area (TPSA) is 83.1 Å². The van der Waals surface area contributed by atoms with Gasteiger partial charge in [0, 0.05) is 38.8 Å². The summed E-state index contributed by atoms with van der Waals surface area (Å²) in [4.78, 5) is 26.6. The zero-order chi connectivity index (χ0) is 12.7. The van der Waals surface area contributed by atoms with Crippen LogP contribution in [0.25, 0.3) is 0 Å². The van der Waals surface area contributed by atoms with Gasteiger partial charge in [-0.1, -0.05) is 0 Å². The SMILES string of the molecule is CNC(=O)CCNC(=O)c1ccnc(NC)c1. The largest absolute Gasteiger partial charge is 0.373 e. The van der Waals surface area contributed by atoms with Gasteiger partial charge in [-0.25, -0.2) is 4.98 Å². The van der Waals surface area contributed by atoms with Crippen LogP contribution >= 0.6 is 0 Å². The number of carbonyl (C=O) groups is 2. The molecule has 3 N–H and O–H groups in total. The van der Waals surface area contributed by atoms with E-state index in [2.05, 4.69) is 20.9 Å². The molecule has 1 aromatic rings. The van der Waals surface area contributed by atoms with Crippen molar-refractivity contribution in [2.24, 2.45) is 0 Å². The van der Waals surface area contributed by atoms with Crippen molar-refractivity contribution in [1.82, 2.24) is 15.6 Å². The van der Waals surface area contributed by atoms with Crippen LogP contribution in [-0.4, -0.2) is 37.4 Å².